The first-order chi connectivity index (χ1) is 10.1. The molecule has 0 aromatic heterocycles. The summed E-state index contributed by atoms with van der Waals surface area (Å²) >= 11 is 0. The highest BCUT2D eigenvalue weighted by Gasteiger charge is 2.09. The average molecular weight is 282 g/mol. The van der Waals surface area contributed by atoms with E-state index in [9.17, 15) is 9.90 Å². The lowest BCUT2D eigenvalue weighted by molar-refractivity contribution is -0.112. The van der Waals surface area contributed by atoms with E-state index in [0.29, 0.717) is 17.9 Å². The molecule has 0 atom stereocenters. The second-order valence-electron chi connectivity index (χ2n) is 4.91. The molecule has 0 heterocycles. The number of benzene rings is 2. The fourth-order valence-electron chi connectivity index (χ4n) is 1.98. The van der Waals surface area contributed by atoms with Crippen molar-refractivity contribution in [2.45, 2.75) is 20.5 Å². The second kappa shape index (κ2) is 6.75. The van der Waals surface area contributed by atoms with Gasteiger partial charge in [0.15, 0.2) is 5.78 Å². The molecule has 0 bridgehead atoms. The SMILES string of the molecule is CC(=O)/C=C(\O)c1cc(C)ccc1OCc1ccccc1. The maximum absolute atomic E-state index is 11.1. The summed E-state index contributed by atoms with van der Waals surface area (Å²) in [5, 5.41) is 10.1. The summed E-state index contributed by atoms with van der Waals surface area (Å²) in [7, 11) is 0. The van der Waals surface area contributed by atoms with Crippen molar-refractivity contribution in [3.8, 4) is 5.75 Å². The van der Waals surface area contributed by atoms with Crippen molar-refractivity contribution in [1.29, 1.82) is 0 Å². The Morgan fingerprint density at radius 2 is 1.90 bits per heavy atom. The van der Waals surface area contributed by atoms with Crippen LogP contribution in [0.25, 0.3) is 5.76 Å². The van der Waals surface area contributed by atoms with E-state index in [1.807, 2.05) is 43.3 Å². The Morgan fingerprint density at radius 1 is 1.19 bits per heavy atom. The number of hydrogen-bond acceptors (Lipinski definition) is 3. The highest BCUT2D eigenvalue weighted by atomic mass is 16.5. The van der Waals surface area contributed by atoms with E-state index in [-0.39, 0.29) is 11.5 Å². The molecule has 0 radical (unpaired) electrons. The zero-order chi connectivity index (χ0) is 15.2. The van der Waals surface area contributed by atoms with Crippen LogP contribution in [0.3, 0.4) is 0 Å². The van der Waals surface area contributed by atoms with Crippen LogP contribution in [-0.4, -0.2) is 10.9 Å². The molecule has 0 saturated carbocycles. The van der Waals surface area contributed by atoms with Gasteiger partial charge in [-0.25, -0.2) is 0 Å². The number of rotatable bonds is 5. The van der Waals surface area contributed by atoms with E-state index >= 15 is 0 Å². The van der Waals surface area contributed by atoms with Gasteiger partial charge in [0.2, 0.25) is 0 Å². The predicted octanol–water partition coefficient (Wildman–Crippen LogP) is 4.06. The molecule has 21 heavy (non-hydrogen) atoms. The number of carbonyl (C=O) groups excluding carboxylic acids is 1. The predicted molar refractivity (Wildman–Crippen MR) is 83.2 cm³/mol. The molecule has 0 spiro atoms. The highest BCUT2D eigenvalue weighted by Crippen LogP contribution is 2.26. The Labute approximate surface area is 124 Å². The molecular weight excluding hydrogens is 264 g/mol. The molecule has 0 unspecified atom stereocenters. The van der Waals surface area contributed by atoms with Crippen LogP contribution in [-0.2, 0) is 11.4 Å². The largest absolute Gasteiger partial charge is 0.507 e. The Morgan fingerprint density at radius 3 is 2.57 bits per heavy atom. The minimum Gasteiger partial charge on any atom is -0.507 e. The number of carbonyl (C=O) groups is 1. The molecule has 2 rings (SSSR count). The molecule has 0 aliphatic rings. The number of aliphatic hydroxyl groups excluding tert-OH is 1. The summed E-state index contributed by atoms with van der Waals surface area (Å²) in [4.78, 5) is 11.1. The normalized spacial score (nSPS) is 11.2. The maximum atomic E-state index is 11.1. The fourth-order valence-corrected chi connectivity index (χ4v) is 1.98. The summed E-state index contributed by atoms with van der Waals surface area (Å²) in [6, 6.07) is 15.3. The summed E-state index contributed by atoms with van der Waals surface area (Å²) in [5.74, 6) is 0.275. The maximum Gasteiger partial charge on any atom is 0.156 e. The van der Waals surface area contributed by atoms with Crippen LogP contribution < -0.4 is 4.74 Å². The van der Waals surface area contributed by atoms with E-state index in [0.717, 1.165) is 11.1 Å². The fraction of sp³-hybridized carbons (Fsp3) is 0.167. The average Bonchev–Trinajstić information content (AvgIpc) is 2.46. The number of aliphatic hydroxyl groups is 1. The summed E-state index contributed by atoms with van der Waals surface area (Å²) in [6.07, 6.45) is 1.20. The van der Waals surface area contributed by atoms with Crippen LogP contribution in [0.5, 0.6) is 5.75 Å². The van der Waals surface area contributed by atoms with Gasteiger partial charge in [-0.05, 0) is 31.5 Å². The number of ether oxygens (including phenoxy) is 1. The zero-order valence-corrected chi connectivity index (χ0v) is 12.2. The lowest BCUT2D eigenvalue weighted by Gasteiger charge is -2.12. The monoisotopic (exact) mass is 282 g/mol. The number of allylic oxidation sites excluding steroid dienone is 1. The Kier molecular flexibility index (Phi) is 4.77. The van der Waals surface area contributed by atoms with E-state index < -0.39 is 0 Å². The minimum atomic E-state index is -0.206. The number of aryl methyl sites for hydroxylation is 1. The molecule has 0 amide bonds. The van der Waals surface area contributed by atoms with Gasteiger partial charge in [0.1, 0.15) is 18.1 Å². The molecule has 2 aromatic rings. The molecule has 0 saturated heterocycles. The summed E-state index contributed by atoms with van der Waals surface area (Å²) in [5.41, 5.74) is 2.56. The van der Waals surface area contributed by atoms with Crippen molar-refractivity contribution in [1.82, 2.24) is 0 Å². The molecule has 2 aromatic carbocycles. The molecule has 1 N–H and O–H groups in total. The van der Waals surface area contributed by atoms with E-state index in [1.165, 1.54) is 13.0 Å². The van der Waals surface area contributed by atoms with Crippen molar-refractivity contribution < 1.29 is 14.6 Å². The van der Waals surface area contributed by atoms with Gasteiger partial charge in [0, 0.05) is 6.08 Å². The highest BCUT2D eigenvalue weighted by molar-refractivity contribution is 5.94. The van der Waals surface area contributed by atoms with Crippen LogP contribution in [0.4, 0.5) is 0 Å². The number of ketones is 1. The lowest BCUT2D eigenvalue weighted by Crippen LogP contribution is -1.99. The van der Waals surface area contributed by atoms with Gasteiger partial charge in [0.05, 0.1) is 5.56 Å². The van der Waals surface area contributed by atoms with Crippen LogP contribution in [0.2, 0.25) is 0 Å². The van der Waals surface area contributed by atoms with Crippen molar-refractivity contribution in [3.05, 3.63) is 71.3 Å². The Hall–Kier alpha value is -2.55. The lowest BCUT2D eigenvalue weighted by atomic mass is 10.1. The van der Waals surface area contributed by atoms with Crippen molar-refractivity contribution in [2.24, 2.45) is 0 Å². The van der Waals surface area contributed by atoms with Crippen molar-refractivity contribution >= 4 is 11.5 Å². The van der Waals surface area contributed by atoms with Gasteiger partial charge >= 0.3 is 0 Å². The smallest absolute Gasteiger partial charge is 0.156 e. The zero-order valence-electron chi connectivity index (χ0n) is 12.2. The molecule has 0 aliphatic carbocycles. The third kappa shape index (κ3) is 4.21. The first kappa shape index (κ1) is 14.9. The molecule has 3 heteroatoms. The molecule has 108 valence electrons. The number of hydrogen-bond donors (Lipinski definition) is 1. The van der Waals surface area contributed by atoms with Gasteiger partial charge in [-0.2, -0.15) is 0 Å². The van der Waals surface area contributed by atoms with Gasteiger partial charge < -0.3 is 9.84 Å². The minimum absolute atomic E-state index is 0.0748. The third-order valence-electron chi connectivity index (χ3n) is 2.99. The van der Waals surface area contributed by atoms with Gasteiger partial charge in [-0.1, -0.05) is 42.0 Å². The van der Waals surface area contributed by atoms with Crippen molar-refractivity contribution in [2.75, 3.05) is 0 Å². The van der Waals surface area contributed by atoms with E-state index in [4.69, 9.17) is 4.74 Å². The van der Waals surface area contributed by atoms with Gasteiger partial charge in [-0.15, -0.1) is 0 Å². The van der Waals surface area contributed by atoms with Gasteiger partial charge in [-0.3, -0.25) is 4.79 Å². The summed E-state index contributed by atoms with van der Waals surface area (Å²) in [6.45, 7) is 3.73. The Balaban J connectivity index is 2.25. The third-order valence-corrected chi connectivity index (χ3v) is 2.99. The van der Waals surface area contributed by atoms with Crippen LogP contribution in [0, 0.1) is 6.92 Å². The van der Waals surface area contributed by atoms with Gasteiger partial charge in [0.25, 0.3) is 0 Å². The standard InChI is InChI=1S/C18H18O3/c1-13-8-9-18(16(10-13)17(20)11-14(2)19)21-12-15-6-4-3-5-7-15/h3-11,20H,12H2,1-2H3/b17-11-. The molecule has 3 nitrogen and oxygen atoms in total. The van der Waals surface area contributed by atoms with Crippen LogP contribution in [0.15, 0.2) is 54.6 Å². The van der Waals surface area contributed by atoms with Crippen LogP contribution >= 0.6 is 0 Å². The van der Waals surface area contributed by atoms with Crippen LogP contribution in [0.1, 0.15) is 23.6 Å². The molecular formula is C18H18O3. The second-order valence-corrected chi connectivity index (χ2v) is 4.91. The first-order valence-electron chi connectivity index (χ1n) is 6.75. The molecule has 0 fully saturated rings. The molecule has 0 aliphatic heterocycles. The van der Waals surface area contributed by atoms with E-state index in [2.05, 4.69) is 0 Å². The topological polar surface area (TPSA) is 46.5 Å². The Bertz CT molecular complexity index is 657. The quantitative estimate of drug-likeness (QED) is 0.664. The summed E-state index contributed by atoms with van der Waals surface area (Å²) < 4.78 is 5.77. The first-order valence-corrected chi connectivity index (χ1v) is 6.75. The van der Waals surface area contributed by atoms with E-state index in [1.54, 1.807) is 12.1 Å². The van der Waals surface area contributed by atoms with Crippen molar-refractivity contribution in [3.63, 3.8) is 0 Å².